The van der Waals surface area contributed by atoms with Gasteiger partial charge in [-0.2, -0.15) is 17.6 Å². The smallest absolute Gasteiger partial charge is 0.394 e. The van der Waals surface area contributed by atoms with E-state index >= 15 is 0 Å². The molecule has 9 heteroatoms. The third-order valence-corrected chi connectivity index (χ3v) is 1.84. The van der Waals surface area contributed by atoms with E-state index in [9.17, 15) is 22.0 Å². The van der Waals surface area contributed by atoms with Crippen LogP contribution in [-0.4, -0.2) is 42.7 Å². The number of rotatable bonds is 3. The first-order valence-corrected chi connectivity index (χ1v) is 4.17. The summed E-state index contributed by atoms with van der Waals surface area (Å²) in [4.78, 5) is 0. The zero-order valence-electron chi connectivity index (χ0n) is 8.05. The predicted octanol–water partition coefficient (Wildman–Crippen LogP) is 1.24. The van der Waals surface area contributed by atoms with Crippen molar-refractivity contribution < 1.29 is 41.3 Å². The first kappa shape index (κ1) is 13.6. The van der Waals surface area contributed by atoms with Gasteiger partial charge in [0.15, 0.2) is 0 Å². The normalized spacial score (nSPS) is 40.3. The van der Waals surface area contributed by atoms with Crippen molar-refractivity contribution in [3.63, 3.8) is 0 Å². The molecule has 0 aromatic rings. The summed E-state index contributed by atoms with van der Waals surface area (Å²) in [5, 5.41) is 8.28. The van der Waals surface area contributed by atoms with E-state index in [0.717, 1.165) is 0 Å². The Morgan fingerprint density at radius 2 is 2.00 bits per heavy atom. The van der Waals surface area contributed by atoms with Gasteiger partial charge in [-0.05, 0) is 6.92 Å². The van der Waals surface area contributed by atoms with Crippen LogP contribution in [0.3, 0.4) is 0 Å². The maximum atomic E-state index is 13.4. The Balaban J connectivity index is 2.80. The van der Waals surface area contributed by atoms with Crippen LogP contribution in [0.5, 0.6) is 0 Å². The van der Waals surface area contributed by atoms with Gasteiger partial charge in [0.05, 0.1) is 13.2 Å². The summed E-state index contributed by atoms with van der Waals surface area (Å²) in [6.07, 6.45) is -8.17. The number of ether oxygens (including phenoxy) is 3. The molecule has 1 rings (SSSR count). The molecule has 3 atom stereocenters. The molecule has 0 amide bonds. The van der Waals surface area contributed by atoms with Gasteiger partial charge in [-0.3, -0.25) is 4.74 Å². The third kappa shape index (κ3) is 2.26. The molecule has 1 N–H and O–H groups in total. The maximum Gasteiger partial charge on any atom is 0.443 e. The second-order valence-corrected chi connectivity index (χ2v) is 3.13. The van der Waals surface area contributed by atoms with E-state index in [0.29, 0.717) is 6.92 Å². The van der Waals surface area contributed by atoms with Crippen molar-refractivity contribution in [2.24, 2.45) is 0 Å². The van der Waals surface area contributed by atoms with E-state index in [1.165, 1.54) is 0 Å². The minimum Gasteiger partial charge on any atom is -0.394 e. The standard InChI is InChI=1S/C7H9F5O4/c1-5(7(10,11)12)15-4(8)6(9,16-5)14-3-2-13/h4,13H,2-3H2,1H3. The molecular weight excluding hydrogens is 243 g/mol. The van der Waals surface area contributed by atoms with Crippen LogP contribution in [0.2, 0.25) is 0 Å². The molecule has 0 radical (unpaired) electrons. The van der Waals surface area contributed by atoms with Gasteiger partial charge >= 0.3 is 12.2 Å². The van der Waals surface area contributed by atoms with E-state index in [4.69, 9.17) is 5.11 Å². The van der Waals surface area contributed by atoms with Gasteiger partial charge in [-0.25, -0.2) is 4.39 Å². The van der Waals surface area contributed by atoms with E-state index < -0.39 is 37.6 Å². The fraction of sp³-hybridized carbons (Fsp3) is 1.00. The van der Waals surface area contributed by atoms with E-state index in [1.807, 2.05) is 0 Å². The first-order valence-electron chi connectivity index (χ1n) is 4.17. The Bertz CT molecular complexity index is 260. The number of aliphatic hydroxyl groups excluding tert-OH is 1. The number of aliphatic hydroxyl groups is 1. The Labute approximate surface area is 86.9 Å². The molecule has 0 bridgehead atoms. The number of halogens is 5. The Hall–Kier alpha value is -0.510. The number of hydrogen-bond donors (Lipinski definition) is 1. The molecule has 1 heterocycles. The molecule has 1 aliphatic rings. The van der Waals surface area contributed by atoms with Gasteiger partial charge in [-0.1, -0.05) is 0 Å². The van der Waals surface area contributed by atoms with Crippen molar-refractivity contribution in [2.45, 2.75) is 31.3 Å². The molecule has 4 nitrogen and oxygen atoms in total. The average molecular weight is 252 g/mol. The fourth-order valence-corrected chi connectivity index (χ4v) is 1.01. The molecule has 0 spiro atoms. The largest absolute Gasteiger partial charge is 0.443 e. The Morgan fingerprint density at radius 3 is 2.38 bits per heavy atom. The van der Waals surface area contributed by atoms with Gasteiger partial charge in [0.1, 0.15) is 0 Å². The maximum absolute atomic E-state index is 13.4. The SMILES string of the molecule is CC1(C(F)(F)F)OC(F)C(F)(OCCO)O1. The summed E-state index contributed by atoms with van der Waals surface area (Å²) in [6, 6.07) is -3.67. The second-order valence-electron chi connectivity index (χ2n) is 3.13. The molecule has 0 aromatic carbocycles. The fourth-order valence-electron chi connectivity index (χ4n) is 1.01. The predicted molar refractivity (Wildman–Crippen MR) is 38.4 cm³/mol. The minimum absolute atomic E-state index is 0.323. The van der Waals surface area contributed by atoms with Crippen molar-refractivity contribution in [2.75, 3.05) is 13.2 Å². The highest BCUT2D eigenvalue weighted by molar-refractivity contribution is 4.84. The van der Waals surface area contributed by atoms with E-state index in [-0.39, 0.29) is 0 Å². The summed E-state index contributed by atoms with van der Waals surface area (Å²) in [5.41, 5.74) is 0. The highest BCUT2D eigenvalue weighted by atomic mass is 19.4. The van der Waals surface area contributed by atoms with Crippen molar-refractivity contribution in [1.29, 1.82) is 0 Å². The molecule has 0 saturated carbocycles. The lowest BCUT2D eigenvalue weighted by molar-refractivity contribution is -0.391. The molecule has 16 heavy (non-hydrogen) atoms. The lowest BCUT2D eigenvalue weighted by atomic mass is 10.3. The zero-order valence-corrected chi connectivity index (χ0v) is 8.05. The van der Waals surface area contributed by atoms with Gasteiger partial charge in [0.25, 0.3) is 12.1 Å². The van der Waals surface area contributed by atoms with Gasteiger partial charge < -0.3 is 14.6 Å². The van der Waals surface area contributed by atoms with Crippen molar-refractivity contribution >= 4 is 0 Å². The minimum atomic E-state index is -5.12. The van der Waals surface area contributed by atoms with Crippen LogP contribution in [0, 0.1) is 0 Å². The van der Waals surface area contributed by atoms with Crippen molar-refractivity contribution in [3.8, 4) is 0 Å². The summed E-state index contributed by atoms with van der Waals surface area (Å²) in [6.45, 7) is -1.11. The van der Waals surface area contributed by atoms with Crippen LogP contribution >= 0.6 is 0 Å². The average Bonchev–Trinajstić information content (AvgIpc) is 2.35. The van der Waals surface area contributed by atoms with Gasteiger partial charge in [0, 0.05) is 0 Å². The highest BCUT2D eigenvalue weighted by Crippen LogP contribution is 2.47. The van der Waals surface area contributed by atoms with Crippen LogP contribution in [0.4, 0.5) is 22.0 Å². The first-order chi connectivity index (χ1) is 7.15. The summed E-state index contributed by atoms with van der Waals surface area (Å²) >= 11 is 0. The Morgan fingerprint density at radius 1 is 1.44 bits per heavy atom. The van der Waals surface area contributed by atoms with Crippen LogP contribution in [0.15, 0.2) is 0 Å². The molecule has 1 fully saturated rings. The van der Waals surface area contributed by atoms with Crippen LogP contribution in [0.1, 0.15) is 6.92 Å². The van der Waals surface area contributed by atoms with Crippen LogP contribution in [-0.2, 0) is 14.2 Å². The Kier molecular flexibility index (Phi) is 3.44. The molecule has 0 aliphatic carbocycles. The summed E-state index contributed by atoms with van der Waals surface area (Å²) in [7, 11) is 0. The number of hydrogen-bond acceptors (Lipinski definition) is 4. The van der Waals surface area contributed by atoms with Crippen molar-refractivity contribution in [1.82, 2.24) is 0 Å². The quantitative estimate of drug-likeness (QED) is 0.768. The molecule has 1 aliphatic heterocycles. The van der Waals surface area contributed by atoms with Crippen molar-refractivity contribution in [3.05, 3.63) is 0 Å². The number of alkyl halides is 5. The lowest BCUT2D eigenvalue weighted by Crippen LogP contribution is -2.45. The van der Waals surface area contributed by atoms with E-state index in [2.05, 4.69) is 14.2 Å². The van der Waals surface area contributed by atoms with E-state index in [1.54, 1.807) is 0 Å². The lowest BCUT2D eigenvalue weighted by Gasteiger charge is -2.26. The van der Waals surface area contributed by atoms with Gasteiger partial charge in [-0.15, -0.1) is 0 Å². The van der Waals surface area contributed by atoms with Crippen LogP contribution < -0.4 is 0 Å². The highest BCUT2D eigenvalue weighted by Gasteiger charge is 2.69. The summed E-state index contributed by atoms with van der Waals surface area (Å²) in [5.74, 6) is -3.42. The molecule has 0 aromatic heterocycles. The third-order valence-electron chi connectivity index (χ3n) is 1.84. The molecule has 3 unspecified atom stereocenters. The molecule has 96 valence electrons. The molecular formula is C7H9F5O4. The molecule has 1 saturated heterocycles. The zero-order chi connectivity index (χ0) is 12.6. The topological polar surface area (TPSA) is 47.9 Å². The monoisotopic (exact) mass is 252 g/mol. The van der Waals surface area contributed by atoms with Gasteiger partial charge in [0.2, 0.25) is 0 Å². The summed E-state index contributed by atoms with van der Waals surface area (Å²) < 4.78 is 74.7. The second kappa shape index (κ2) is 4.06. The van der Waals surface area contributed by atoms with Crippen LogP contribution in [0.25, 0.3) is 0 Å².